The molecule has 0 bridgehead atoms. The van der Waals surface area contributed by atoms with E-state index in [2.05, 4.69) is 4.74 Å². The maximum absolute atomic E-state index is 10.6. The predicted molar refractivity (Wildman–Crippen MR) is 39.6 cm³/mol. The van der Waals surface area contributed by atoms with Crippen molar-refractivity contribution in [2.45, 2.75) is 13.0 Å². The van der Waals surface area contributed by atoms with Crippen LogP contribution in [0.1, 0.15) is 6.92 Å². The summed E-state index contributed by atoms with van der Waals surface area (Å²) in [6.45, 7) is 1.12. The van der Waals surface area contributed by atoms with Gasteiger partial charge in [0.05, 0.1) is 0 Å². The Morgan fingerprint density at radius 1 is 1.31 bits per heavy atom. The average Bonchev–Trinajstić information content (AvgIpc) is 2.00. The van der Waals surface area contributed by atoms with E-state index in [1.165, 1.54) is 0 Å². The molecule has 1 atom stereocenters. The van der Waals surface area contributed by atoms with Crippen LogP contribution in [0.4, 0.5) is 0 Å². The molecule has 0 aromatic rings. The first-order valence-electron chi connectivity index (χ1n) is 3.28. The first-order chi connectivity index (χ1) is 5.93. The Kier molecular flexibility index (Phi) is 4.39. The highest BCUT2D eigenvalue weighted by atomic mass is 16.6. The molecule has 0 amide bonds. The number of ether oxygens (including phenoxy) is 1. The van der Waals surface area contributed by atoms with Crippen LogP contribution < -0.4 is 0 Å². The fourth-order valence-electron chi connectivity index (χ4n) is 0.358. The Labute approximate surface area is 73.4 Å². The molecule has 0 spiro atoms. The van der Waals surface area contributed by atoms with Crippen molar-refractivity contribution in [1.82, 2.24) is 0 Å². The molecule has 72 valence electrons. The zero-order valence-electron chi connectivity index (χ0n) is 6.76. The van der Waals surface area contributed by atoms with E-state index in [9.17, 15) is 14.4 Å². The lowest BCUT2D eigenvalue weighted by Crippen LogP contribution is -2.21. The van der Waals surface area contributed by atoms with Crippen molar-refractivity contribution in [2.75, 3.05) is 0 Å². The van der Waals surface area contributed by atoms with Crippen LogP contribution in [-0.2, 0) is 19.1 Å². The number of hydrogen-bond acceptors (Lipinski definition) is 5. The first kappa shape index (κ1) is 11.3. The first-order valence-corrected chi connectivity index (χ1v) is 3.28. The topological polar surface area (TPSA) is 101 Å². The zero-order valence-corrected chi connectivity index (χ0v) is 6.76. The van der Waals surface area contributed by atoms with E-state index in [-0.39, 0.29) is 0 Å². The van der Waals surface area contributed by atoms with E-state index in [1.807, 2.05) is 0 Å². The second-order valence-electron chi connectivity index (χ2n) is 2.09. The summed E-state index contributed by atoms with van der Waals surface area (Å²) in [5.74, 6) is -3.59. The number of esters is 2. The van der Waals surface area contributed by atoms with E-state index < -0.39 is 24.0 Å². The Balaban J connectivity index is 4.02. The minimum absolute atomic E-state index is 0.525. The Morgan fingerprint density at radius 2 is 1.85 bits per heavy atom. The van der Waals surface area contributed by atoms with Crippen LogP contribution in [0, 0.1) is 0 Å². The largest absolute Gasteiger partial charge is 0.478 e. The van der Waals surface area contributed by atoms with Gasteiger partial charge >= 0.3 is 17.9 Å². The summed E-state index contributed by atoms with van der Waals surface area (Å²) in [6, 6.07) is 0. The number of carboxylic acid groups (broad SMARTS) is 1. The van der Waals surface area contributed by atoms with Crippen molar-refractivity contribution in [3.8, 4) is 0 Å². The summed E-state index contributed by atoms with van der Waals surface area (Å²) in [5, 5.41) is 16.7. The number of carbonyl (C=O) groups excluding carboxylic acids is 2. The second-order valence-corrected chi connectivity index (χ2v) is 2.09. The van der Waals surface area contributed by atoms with Crippen LogP contribution in [0.5, 0.6) is 0 Å². The van der Waals surface area contributed by atoms with E-state index >= 15 is 0 Å². The molecule has 6 heteroatoms. The monoisotopic (exact) mass is 188 g/mol. The number of aliphatic hydroxyl groups is 1. The van der Waals surface area contributed by atoms with Crippen molar-refractivity contribution in [1.29, 1.82) is 0 Å². The maximum Gasteiger partial charge on any atom is 0.342 e. The lowest BCUT2D eigenvalue weighted by molar-refractivity contribution is -0.162. The van der Waals surface area contributed by atoms with Crippen LogP contribution >= 0.6 is 0 Å². The molecule has 2 N–H and O–H groups in total. The van der Waals surface area contributed by atoms with Gasteiger partial charge in [-0.15, -0.1) is 0 Å². The lowest BCUT2D eigenvalue weighted by atomic mass is 10.4. The highest BCUT2D eigenvalue weighted by Crippen LogP contribution is 1.89. The van der Waals surface area contributed by atoms with Crippen molar-refractivity contribution in [3.05, 3.63) is 12.2 Å². The molecule has 0 fully saturated rings. The van der Waals surface area contributed by atoms with Gasteiger partial charge in [-0.3, -0.25) is 0 Å². The molecule has 0 saturated heterocycles. The van der Waals surface area contributed by atoms with Crippen LogP contribution in [0.25, 0.3) is 0 Å². The number of hydrogen-bond donors (Lipinski definition) is 2. The highest BCUT2D eigenvalue weighted by molar-refractivity contribution is 5.96. The molecular formula is C7H8O6. The molecule has 0 heterocycles. The van der Waals surface area contributed by atoms with Crippen LogP contribution in [0.2, 0.25) is 0 Å². The third kappa shape index (κ3) is 5.57. The molecule has 13 heavy (non-hydrogen) atoms. The van der Waals surface area contributed by atoms with Crippen molar-refractivity contribution < 1.29 is 29.3 Å². The van der Waals surface area contributed by atoms with Gasteiger partial charge in [0.25, 0.3) is 0 Å². The van der Waals surface area contributed by atoms with Crippen LogP contribution in [0.15, 0.2) is 12.2 Å². The normalized spacial score (nSPS) is 12.5. The number of aliphatic carboxylic acids is 1. The molecule has 6 nitrogen and oxygen atoms in total. The summed E-state index contributed by atoms with van der Waals surface area (Å²) in [4.78, 5) is 31.0. The molecular weight excluding hydrogens is 180 g/mol. The fraction of sp³-hybridized carbons (Fsp3) is 0.286. The van der Waals surface area contributed by atoms with Gasteiger partial charge in [0.15, 0.2) is 0 Å². The molecule has 0 saturated carbocycles. The summed E-state index contributed by atoms with van der Waals surface area (Å²) < 4.78 is 3.98. The smallest absolute Gasteiger partial charge is 0.342 e. The Hall–Kier alpha value is -1.69. The molecule has 0 radical (unpaired) electrons. The second kappa shape index (κ2) is 5.04. The molecule has 0 aliphatic carbocycles. The molecule has 1 unspecified atom stereocenters. The Bertz CT molecular complexity index is 252. The van der Waals surface area contributed by atoms with Crippen LogP contribution in [0.3, 0.4) is 0 Å². The standard InChI is InChI=1S/C7H8O6/c1-4(8)7(12)13-6(11)3-2-5(9)10/h2-4,8H,1H3,(H,9,10)/b3-2-. The molecule has 0 rings (SSSR count). The van der Waals surface area contributed by atoms with E-state index in [0.29, 0.717) is 12.2 Å². The van der Waals surface area contributed by atoms with Crippen LogP contribution in [-0.4, -0.2) is 34.2 Å². The maximum atomic E-state index is 10.6. The fourth-order valence-corrected chi connectivity index (χ4v) is 0.358. The van der Waals surface area contributed by atoms with Crippen molar-refractivity contribution in [3.63, 3.8) is 0 Å². The van der Waals surface area contributed by atoms with E-state index in [0.717, 1.165) is 6.92 Å². The zero-order chi connectivity index (χ0) is 10.4. The predicted octanol–water partition coefficient (Wildman–Crippen LogP) is -0.922. The summed E-state index contributed by atoms with van der Waals surface area (Å²) in [7, 11) is 0. The van der Waals surface area contributed by atoms with E-state index in [4.69, 9.17) is 10.2 Å². The third-order valence-corrected chi connectivity index (χ3v) is 0.904. The van der Waals surface area contributed by atoms with Gasteiger partial charge in [-0.1, -0.05) is 0 Å². The number of rotatable bonds is 3. The minimum Gasteiger partial charge on any atom is -0.478 e. The number of aliphatic hydroxyl groups excluding tert-OH is 1. The van der Waals surface area contributed by atoms with E-state index in [1.54, 1.807) is 0 Å². The summed E-state index contributed by atoms with van der Waals surface area (Å²) >= 11 is 0. The minimum atomic E-state index is -1.41. The SMILES string of the molecule is CC(O)C(=O)OC(=O)/C=C\C(=O)O. The lowest BCUT2D eigenvalue weighted by Gasteiger charge is -2.00. The molecule has 0 aliphatic heterocycles. The van der Waals surface area contributed by atoms with Crippen molar-refractivity contribution in [2.24, 2.45) is 0 Å². The number of carbonyl (C=O) groups is 3. The van der Waals surface area contributed by atoms with Crippen molar-refractivity contribution >= 4 is 17.9 Å². The quantitative estimate of drug-likeness (QED) is 0.337. The molecule has 0 aromatic carbocycles. The third-order valence-electron chi connectivity index (χ3n) is 0.904. The van der Waals surface area contributed by atoms with Gasteiger partial charge < -0.3 is 14.9 Å². The highest BCUT2D eigenvalue weighted by Gasteiger charge is 2.13. The molecule has 0 aliphatic rings. The van der Waals surface area contributed by atoms with Gasteiger partial charge in [0, 0.05) is 12.2 Å². The number of carboxylic acids is 1. The van der Waals surface area contributed by atoms with Gasteiger partial charge in [0.1, 0.15) is 6.10 Å². The van der Waals surface area contributed by atoms with Gasteiger partial charge in [-0.2, -0.15) is 0 Å². The summed E-state index contributed by atoms with van der Waals surface area (Å²) in [6.07, 6.45) is -0.317. The van der Waals surface area contributed by atoms with Gasteiger partial charge in [-0.05, 0) is 6.92 Å². The van der Waals surface area contributed by atoms with Gasteiger partial charge in [-0.25, -0.2) is 14.4 Å². The molecule has 0 aromatic heterocycles. The average molecular weight is 188 g/mol. The Morgan fingerprint density at radius 3 is 2.23 bits per heavy atom. The van der Waals surface area contributed by atoms with Gasteiger partial charge in [0.2, 0.25) is 0 Å². The summed E-state index contributed by atoms with van der Waals surface area (Å²) in [5.41, 5.74) is 0.